The molecule has 1 amide bonds. The highest BCUT2D eigenvalue weighted by atomic mass is 32.1. The van der Waals surface area contributed by atoms with Gasteiger partial charge in [-0.15, -0.1) is 11.3 Å². The van der Waals surface area contributed by atoms with E-state index in [-0.39, 0.29) is 18.8 Å². The van der Waals surface area contributed by atoms with Crippen molar-refractivity contribution in [3.05, 3.63) is 46.6 Å². The number of ether oxygens (including phenoxy) is 1. The summed E-state index contributed by atoms with van der Waals surface area (Å²) >= 11 is 1.25. The highest BCUT2D eigenvalue weighted by molar-refractivity contribution is 7.17. The molecule has 2 heterocycles. The molecule has 1 fully saturated rings. The minimum absolute atomic E-state index is 0.0384. The molecule has 1 aliphatic rings. The van der Waals surface area contributed by atoms with Gasteiger partial charge in [-0.05, 0) is 36.2 Å². The molecular formula is C17H16FNO4S. The third kappa shape index (κ3) is 3.05. The van der Waals surface area contributed by atoms with Crippen molar-refractivity contribution in [2.75, 3.05) is 13.2 Å². The van der Waals surface area contributed by atoms with Crippen molar-refractivity contribution in [2.45, 2.75) is 18.9 Å². The summed E-state index contributed by atoms with van der Waals surface area (Å²) in [6.07, 6.45) is 0.239. The standard InChI is InChI=1S/C17H16FNO4S/c1-10-8-13(24-14(10)11-2-4-12(18)5-3-11)15(20)19-17(16(21)22)6-7-23-9-17/h2-5,8H,6-7,9H2,1H3,(H,19,20)(H,21,22). The van der Waals surface area contributed by atoms with Gasteiger partial charge in [0.2, 0.25) is 0 Å². The lowest BCUT2D eigenvalue weighted by atomic mass is 9.99. The first-order chi connectivity index (χ1) is 11.4. The average Bonchev–Trinajstić information content (AvgIpc) is 3.16. The van der Waals surface area contributed by atoms with Crippen molar-refractivity contribution in [3.8, 4) is 10.4 Å². The summed E-state index contributed by atoms with van der Waals surface area (Å²) in [6.45, 7) is 2.12. The maximum Gasteiger partial charge on any atom is 0.331 e. The summed E-state index contributed by atoms with van der Waals surface area (Å²) in [5.74, 6) is -1.86. The Bertz CT molecular complexity index is 778. The van der Waals surface area contributed by atoms with Gasteiger partial charge in [0.05, 0.1) is 11.5 Å². The maximum absolute atomic E-state index is 13.1. The van der Waals surface area contributed by atoms with E-state index in [4.69, 9.17) is 4.74 Å². The molecule has 126 valence electrons. The van der Waals surface area contributed by atoms with Crippen LogP contribution < -0.4 is 5.32 Å². The second kappa shape index (κ2) is 6.33. The Kier molecular flexibility index (Phi) is 4.38. The Morgan fingerprint density at radius 3 is 2.62 bits per heavy atom. The fourth-order valence-corrected chi connectivity index (χ4v) is 3.72. The van der Waals surface area contributed by atoms with Gasteiger partial charge in [-0.3, -0.25) is 4.79 Å². The van der Waals surface area contributed by atoms with E-state index in [1.807, 2.05) is 6.92 Å². The van der Waals surface area contributed by atoms with Crippen LogP contribution >= 0.6 is 11.3 Å². The minimum Gasteiger partial charge on any atom is -0.479 e. The first kappa shape index (κ1) is 16.6. The van der Waals surface area contributed by atoms with Gasteiger partial charge >= 0.3 is 5.97 Å². The largest absolute Gasteiger partial charge is 0.479 e. The van der Waals surface area contributed by atoms with Crippen LogP contribution in [0.1, 0.15) is 21.7 Å². The Balaban J connectivity index is 1.85. The van der Waals surface area contributed by atoms with Crippen LogP contribution in [0.2, 0.25) is 0 Å². The molecule has 1 unspecified atom stereocenters. The second-order valence-corrected chi connectivity index (χ2v) is 6.83. The molecule has 0 radical (unpaired) electrons. The summed E-state index contributed by atoms with van der Waals surface area (Å²) in [5, 5.41) is 12.0. The number of aryl methyl sites for hydroxylation is 1. The summed E-state index contributed by atoms with van der Waals surface area (Å²) in [7, 11) is 0. The number of benzene rings is 1. The lowest BCUT2D eigenvalue weighted by Crippen LogP contribution is -2.55. The van der Waals surface area contributed by atoms with Crippen LogP contribution in [0.4, 0.5) is 4.39 Å². The zero-order valence-electron chi connectivity index (χ0n) is 13.0. The van der Waals surface area contributed by atoms with E-state index >= 15 is 0 Å². The number of carbonyl (C=O) groups is 2. The molecule has 3 rings (SSSR count). The monoisotopic (exact) mass is 349 g/mol. The molecule has 1 aromatic heterocycles. The predicted octanol–water partition coefficient (Wildman–Crippen LogP) is 2.84. The number of carbonyl (C=O) groups excluding carboxylic acids is 1. The van der Waals surface area contributed by atoms with Gasteiger partial charge in [-0.1, -0.05) is 12.1 Å². The maximum atomic E-state index is 13.1. The SMILES string of the molecule is Cc1cc(C(=O)NC2(C(=O)O)CCOC2)sc1-c1ccc(F)cc1. The Morgan fingerprint density at radius 1 is 1.33 bits per heavy atom. The topological polar surface area (TPSA) is 75.6 Å². The number of amides is 1. The van der Waals surface area contributed by atoms with Crippen molar-refractivity contribution in [1.29, 1.82) is 0 Å². The van der Waals surface area contributed by atoms with Crippen molar-refractivity contribution in [2.24, 2.45) is 0 Å². The molecule has 7 heteroatoms. The van der Waals surface area contributed by atoms with Gasteiger partial charge in [0.1, 0.15) is 5.82 Å². The van der Waals surface area contributed by atoms with Crippen molar-refractivity contribution in [3.63, 3.8) is 0 Å². The fraction of sp³-hybridized carbons (Fsp3) is 0.294. The summed E-state index contributed by atoms with van der Waals surface area (Å²) in [4.78, 5) is 25.2. The number of halogens is 1. The minimum atomic E-state index is -1.37. The fourth-order valence-electron chi connectivity index (χ4n) is 2.65. The molecule has 24 heavy (non-hydrogen) atoms. The molecule has 1 saturated heterocycles. The molecule has 1 aliphatic heterocycles. The molecule has 2 aromatic rings. The summed E-state index contributed by atoms with van der Waals surface area (Å²) in [5.41, 5.74) is 0.323. The first-order valence-electron chi connectivity index (χ1n) is 7.41. The number of rotatable bonds is 4. The normalized spacial score (nSPS) is 20.1. The van der Waals surface area contributed by atoms with E-state index in [1.165, 1.54) is 23.5 Å². The number of carboxylic acids is 1. The van der Waals surface area contributed by atoms with Crippen molar-refractivity contribution >= 4 is 23.2 Å². The number of carboxylic acid groups (broad SMARTS) is 1. The Hall–Kier alpha value is -2.25. The average molecular weight is 349 g/mol. The van der Waals surface area contributed by atoms with Crippen LogP contribution in [0.3, 0.4) is 0 Å². The second-order valence-electron chi connectivity index (χ2n) is 5.77. The molecule has 2 N–H and O–H groups in total. The van der Waals surface area contributed by atoms with Crippen molar-refractivity contribution in [1.82, 2.24) is 5.32 Å². The van der Waals surface area contributed by atoms with Gasteiger partial charge in [0, 0.05) is 17.9 Å². The first-order valence-corrected chi connectivity index (χ1v) is 8.23. The third-order valence-corrected chi connectivity index (χ3v) is 5.32. The van der Waals surface area contributed by atoms with Crippen LogP contribution in [0.15, 0.2) is 30.3 Å². The summed E-state index contributed by atoms with van der Waals surface area (Å²) < 4.78 is 18.2. The lowest BCUT2D eigenvalue weighted by molar-refractivity contribution is -0.144. The van der Waals surface area contributed by atoms with Crippen LogP contribution in [-0.4, -0.2) is 35.7 Å². The van der Waals surface area contributed by atoms with Crippen LogP contribution in [0.25, 0.3) is 10.4 Å². The molecule has 1 aromatic carbocycles. The lowest BCUT2D eigenvalue weighted by Gasteiger charge is -2.23. The predicted molar refractivity (Wildman–Crippen MR) is 87.7 cm³/mol. The number of aliphatic carboxylic acids is 1. The molecule has 0 spiro atoms. The van der Waals surface area contributed by atoms with Crippen LogP contribution in [0, 0.1) is 12.7 Å². The highest BCUT2D eigenvalue weighted by Gasteiger charge is 2.44. The Labute approximate surface area is 142 Å². The molecule has 0 aliphatic carbocycles. The zero-order valence-corrected chi connectivity index (χ0v) is 13.8. The van der Waals surface area contributed by atoms with E-state index in [1.54, 1.807) is 18.2 Å². The third-order valence-electron chi connectivity index (χ3n) is 4.03. The van der Waals surface area contributed by atoms with E-state index < -0.39 is 17.4 Å². The molecular weight excluding hydrogens is 333 g/mol. The molecule has 5 nitrogen and oxygen atoms in total. The van der Waals surface area contributed by atoms with Gasteiger partial charge in [0.25, 0.3) is 5.91 Å². The molecule has 0 saturated carbocycles. The smallest absolute Gasteiger partial charge is 0.331 e. The van der Waals surface area contributed by atoms with E-state index in [9.17, 15) is 19.1 Å². The summed E-state index contributed by atoms with van der Waals surface area (Å²) in [6, 6.07) is 7.75. The van der Waals surface area contributed by atoms with Gasteiger partial charge < -0.3 is 15.2 Å². The van der Waals surface area contributed by atoms with Crippen LogP contribution in [-0.2, 0) is 9.53 Å². The molecule has 0 bridgehead atoms. The number of thiophene rings is 1. The van der Waals surface area contributed by atoms with E-state index in [2.05, 4.69) is 5.32 Å². The number of nitrogens with one attached hydrogen (secondary N) is 1. The van der Waals surface area contributed by atoms with E-state index in [0.29, 0.717) is 11.5 Å². The van der Waals surface area contributed by atoms with Crippen molar-refractivity contribution < 1.29 is 23.8 Å². The van der Waals surface area contributed by atoms with Crippen LogP contribution in [0.5, 0.6) is 0 Å². The highest BCUT2D eigenvalue weighted by Crippen LogP contribution is 2.33. The van der Waals surface area contributed by atoms with Gasteiger partial charge in [0.15, 0.2) is 5.54 Å². The zero-order chi connectivity index (χ0) is 17.3. The van der Waals surface area contributed by atoms with Gasteiger partial charge in [-0.2, -0.15) is 0 Å². The quantitative estimate of drug-likeness (QED) is 0.890. The number of hydrogen-bond donors (Lipinski definition) is 2. The van der Waals surface area contributed by atoms with Gasteiger partial charge in [-0.25, -0.2) is 9.18 Å². The Morgan fingerprint density at radius 2 is 2.04 bits per heavy atom. The molecule has 1 atom stereocenters. The number of hydrogen-bond acceptors (Lipinski definition) is 4. The van der Waals surface area contributed by atoms with E-state index in [0.717, 1.165) is 16.0 Å².